The van der Waals surface area contributed by atoms with E-state index >= 15 is 0 Å². The highest BCUT2D eigenvalue weighted by molar-refractivity contribution is 14.1. The molecule has 0 saturated heterocycles. The first-order chi connectivity index (χ1) is 5.24. The molecule has 72 valence electrons. The number of hydrogen-bond acceptors (Lipinski definition) is 1. The number of amides is 1. The number of hydrogen-bond donors (Lipinski definition) is 1. The molecule has 0 heterocycles. The van der Waals surface area contributed by atoms with Gasteiger partial charge in [0.05, 0.1) is 0 Å². The van der Waals surface area contributed by atoms with Crippen molar-refractivity contribution in [3.05, 3.63) is 0 Å². The first-order valence-corrected chi connectivity index (χ1v) is 5.42. The van der Waals surface area contributed by atoms with Crippen LogP contribution in [0.25, 0.3) is 0 Å². The van der Waals surface area contributed by atoms with Crippen LogP contribution >= 0.6 is 22.6 Å². The predicted molar refractivity (Wildman–Crippen MR) is 60.2 cm³/mol. The van der Waals surface area contributed by atoms with Gasteiger partial charge in [-0.3, -0.25) is 4.79 Å². The molecule has 0 fully saturated rings. The van der Waals surface area contributed by atoms with E-state index in [0.717, 1.165) is 6.42 Å². The Hall–Kier alpha value is 0.200. The SMILES string of the molecule is CC(I)C(CC(C)(C)C)C(N)=O. The number of carbonyl (C=O) groups excluding carboxylic acids is 1. The van der Waals surface area contributed by atoms with Gasteiger partial charge in [-0.15, -0.1) is 0 Å². The summed E-state index contributed by atoms with van der Waals surface area (Å²) in [7, 11) is 0. The second-order valence-corrected chi connectivity index (χ2v) is 6.42. The van der Waals surface area contributed by atoms with Crippen molar-refractivity contribution in [1.29, 1.82) is 0 Å². The Kier molecular flexibility index (Phi) is 4.51. The highest BCUT2D eigenvalue weighted by atomic mass is 127. The van der Waals surface area contributed by atoms with E-state index in [9.17, 15) is 4.79 Å². The van der Waals surface area contributed by atoms with Crippen LogP contribution in [0.3, 0.4) is 0 Å². The molecule has 2 unspecified atom stereocenters. The molecule has 3 heteroatoms. The Morgan fingerprint density at radius 3 is 2.00 bits per heavy atom. The third kappa shape index (κ3) is 4.95. The summed E-state index contributed by atoms with van der Waals surface area (Å²) in [5.41, 5.74) is 5.48. The molecule has 0 aliphatic carbocycles. The fourth-order valence-corrected chi connectivity index (χ4v) is 1.76. The monoisotopic (exact) mass is 283 g/mol. The summed E-state index contributed by atoms with van der Waals surface area (Å²) >= 11 is 2.26. The lowest BCUT2D eigenvalue weighted by molar-refractivity contribution is -0.122. The van der Waals surface area contributed by atoms with Crippen LogP contribution in [0.4, 0.5) is 0 Å². The van der Waals surface area contributed by atoms with Gasteiger partial charge in [0.1, 0.15) is 0 Å². The maximum Gasteiger partial charge on any atom is 0.221 e. The van der Waals surface area contributed by atoms with Crippen molar-refractivity contribution in [3.63, 3.8) is 0 Å². The summed E-state index contributed by atoms with van der Waals surface area (Å²) < 4.78 is 0.319. The van der Waals surface area contributed by atoms with Crippen molar-refractivity contribution in [1.82, 2.24) is 0 Å². The van der Waals surface area contributed by atoms with E-state index in [1.165, 1.54) is 0 Å². The van der Waals surface area contributed by atoms with Crippen LogP contribution in [0.5, 0.6) is 0 Å². The molecule has 2 atom stereocenters. The normalized spacial score (nSPS) is 17.1. The van der Waals surface area contributed by atoms with Crippen LogP contribution in [0, 0.1) is 11.3 Å². The summed E-state index contributed by atoms with van der Waals surface area (Å²) in [6, 6.07) is 0. The molecule has 0 aromatic carbocycles. The number of halogens is 1. The number of alkyl halides is 1. The largest absolute Gasteiger partial charge is 0.369 e. The Bertz CT molecular complexity index is 160. The van der Waals surface area contributed by atoms with Crippen molar-refractivity contribution in [3.8, 4) is 0 Å². The first kappa shape index (κ1) is 12.2. The maximum absolute atomic E-state index is 11.0. The van der Waals surface area contributed by atoms with Gasteiger partial charge < -0.3 is 5.73 Å². The average Bonchev–Trinajstić information content (AvgIpc) is 1.79. The minimum atomic E-state index is -0.174. The summed E-state index contributed by atoms with van der Waals surface area (Å²) in [6.07, 6.45) is 0.868. The van der Waals surface area contributed by atoms with Gasteiger partial charge >= 0.3 is 0 Å². The van der Waals surface area contributed by atoms with E-state index in [1.807, 2.05) is 6.92 Å². The molecule has 1 amide bonds. The third-order valence-electron chi connectivity index (χ3n) is 1.75. The van der Waals surface area contributed by atoms with Crippen molar-refractivity contribution < 1.29 is 4.79 Å². The summed E-state index contributed by atoms with van der Waals surface area (Å²) in [6.45, 7) is 8.41. The Morgan fingerprint density at radius 1 is 1.50 bits per heavy atom. The zero-order valence-electron chi connectivity index (χ0n) is 8.23. The summed E-state index contributed by atoms with van der Waals surface area (Å²) in [5.74, 6) is -0.169. The van der Waals surface area contributed by atoms with Crippen LogP contribution in [0.1, 0.15) is 34.1 Å². The standard InChI is InChI=1S/C9H18INO/c1-6(10)7(8(11)12)5-9(2,3)4/h6-7H,5H2,1-4H3,(H2,11,12). The highest BCUT2D eigenvalue weighted by Gasteiger charge is 2.26. The summed E-state index contributed by atoms with van der Waals surface area (Å²) in [4.78, 5) is 11.0. The van der Waals surface area contributed by atoms with Gasteiger partial charge in [0.25, 0.3) is 0 Å². The van der Waals surface area contributed by atoms with Crippen molar-refractivity contribution in [2.24, 2.45) is 17.1 Å². The zero-order chi connectivity index (χ0) is 9.94. The molecule has 0 aromatic rings. The lowest BCUT2D eigenvalue weighted by Gasteiger charge is -2.25. The Morgan fingerprint density at radius 2 is 1.92 bits per heavy atom. The molecular weight excluding hydrogens is 265 g/mol. The smallest absolute Gasteiger partial charge is 0.221 e. The van der Waals surface area contributed by atoms with E-state index in [1.54, 1.807) is 0 Å². The van der Waals surface area contributed by atoms with Gasteiger partial charge in [0, 0.05) is 9.84 Å². The Balaban J connectivity index is 4.25. The molecule has 2 N–H and O–H groups in total. The molecule has 0 radical (unpaired) electrons. The lowest BCUT2D eigenvalue weighted by atomic mass is 9.83. The minimum Gasteiger partial charge on any atom is -0.369 e. The fourth-order valence-electron chi connectivity index (χ4n) is 1.15. The highest BCUT2D eigenvalue weighted by Crippen LogP contribution is 2.28. The van der Waals surface area contributed by atoms with E-state index in [4.69, 9.17) is 5.73 Å². The van der Waals surface area contributed by atoms with Crippen LogP contribution in [-0.2, 0) is 4.79 Å². The molecular formula is C9H18INO. The lowest BCUT2D eigenvalue weighted by Crippen LogP contribution is -2.32. The number of primary amides is 1. The number of rotatable bonds is 3. The van der Waals surface area contributed by atoms with Gasteiger partial charge in [-0.05, 0) is 11.8 Å². The minimum absolute atomic E-state index is 0.00519. The van der Waals surface area contributed by atoms with Gasteiger partial charge in [-0.2, -0.15) is 0 Å². The quantitative estimate of drug-likeness (QED) is 0.627. The third-order valence-corrected chi connectivity index (χ3v) is 2.62. The molecule has 0 aliphatic rings. The van der Waals surface area contributed by atoms with Crippen molar-refractivity contribution >= 4 is 28.5 Å². The molecule has 2 nitrogen and oxygen atoms in total. The molecule has 0 bridgehead atoms. The fraction of sp³-hybridized carbons (Fsp3) is 0.889. The average molecular weight is 283 g/mol. The second kappa shape index (κ2) is 4.44. The van der Waals surface area contributed by atoms with Crippen LogP contribution in [0.2, 0.25) is 0 Å². The van der Waals surface area contributed by atoms with Gasteiger partial charge in [-0.25, -0.2) is 0 Å². The zero-order valence-corrected chi connectivity index (χ0v) is 10.4. The molecule has 0 spiro atoms. The van der Waals surface area contributed by atoms with Gasteiger partial charge in [0.15, 0.2) is 0 Å². The molecule has 12 heavy (non-hydrogen) atoms. The molecule has 0 aromatic heterocycles. The van der Waals surface area contributed by atoms with E-state index < -0.39 is 0 Å². The van der Waals surface area contributed by atoms with Gasteiger partial charge in [0.2, 0.25) is 5.91 Å². The first-order valence-electron chi connectivity index (χ1n) is 4.17. The van der Waals surface area contributed by atoms with Crippen LogP contribution < -0.4 is 5.73 Å². The second-order valence-electron chi connectivity index (χ2n) is 4.45. The number of nitrogens with two attached hydrogens (primary N) is 1. The van der Waals surface area contributed by atoms with E-state index in [-0.39, 0.29) is 17.2 Å². The molecule has 0 saturated carbocycles. The Labute approximate surface area is 88.4 Å². The van der Waals surface area contributed by atoms with Crippen molar-refractivity contribution in [2.45, 2.75) is 38.0 Å². The molecule has 0 aliphatic heterocycles. The summed E-state index contributed by atoms with van der Waals surface area (Å²) in [5, 5.41) is 0. The number of carbonyl (C=O) groups is 1. The van der Waals surface area contributed by atoms with Crippen molar-refractivity contribution in [2.75, 3.05) is 0 Å². The van der Waals surface area contributed by atoms with E-state index in [0.29, 0.717) is 3.92 Å². The predicted octanol–water partition coefficient (Wildman–Crippen LogP) is 2.35. The molecule has 0 rings (SSSR count). The van der Waals surface area contributed by atoms with Crippen LogP contribution in [0.15, 0.2) is 0 Å². The van der Waals surface area contributed by atoms with E-state index in [2.05, 4.69) is 43.4 Å². The van der Waals surface area contributed by atoms with Crippen LogP contribution in [-0.4, -0.2) is 9.83 Å². The van der Waals surface area contributed by atoms with Gasteiger partial charge in [-0.1, -0.05) is 50.3 Å². The topological polar surface area (TPSA) is 43.1 Å². The maximum atomic E-state index is 11.0.